The van der Waals surface area contributed by atoms with E-state index in [2.05, 4.69) is 10.3 Å². The highest BCUT2D eigenvalue weighted by atomic mass is 32.1. The third kappa shape index (κ3) is 5.16. The van der Waals surface area contributed by atoms with Crippen LogP contribution in [0.5, 0.6) is 0 Å². The van der Waals surface area contributed by atoms with E-state index in [0.29, 0.717) is 22.0 Å². The predicted octanol–water partition coefficient (Wildman–Crippen LogP) is 4.24. The molecule has 6 nitrogen and oxygen atoms in total. The second-order valence-corrected chi connectivity index (χ2v) is 8.55. The molecule has 3 rings (SSSR count). The van der Waals surface area contributed by atoms with Crippen molar-refractivity contribution in [1.29, 1.82) is 0 Å². The summed E-state index contributed by atoms with van der Waals surface area (Å²) >= 11 is 2.52. The number of ketones is 1. The third-order valence-corrected chi connectivity index (χ3v) is 6.36. The molecule has 1 amide bonds. The van der Waals surface area contributed by atoms with Crippen molar-refractivity contribution in [2.45, 2.75) is 33.4 Å². The quantitative estimate of drug-likeness (QED) is 0.449. The lowest BCUT2D eigenvalue weighted by molar-refractivity contribution is -0.119. The van der Waals surface area contributed by atoms with Crippen LogP contribution in [0.25, 0.3) is 10.6 Å². The molecule has 0 saturated carbocycles. The molecule has 0 saturated heterocycles. The van der Waals surface area contributed by atoms with Gasteiger partial charge in [-0.15, -0.1) is 22.7 Å². The number of aryl methyl sites for hydroxylation is 1. The molecule has 29 heavy (non-hydrogen) atoms. The zero-order valence-corrected chi connectivity index (χ0v) is 17.9. The molecule has 3 aromatic rings. The van der Waals surface area contributed by atoms with E-state index in [0.717, 1.165) is 15.4 Å². The lowest BCUT2D eigenvalue weighted by Gasteiger charge is -2.10. The van der Waals surface area contributed by atoms with Gasteiger partial charge in [-0.05, 0) is 26.0 Å². The lowest BCUT2D eigenvalue weighted by atomic mass is 10.2. The molecule has 0 spiro atoms. The fraction of sp³-hybridized carbons (Fsp3) is 0.238. The second kappa shape index (κ2) is 9.11. The molecule has 0 aliphatic heterocycles. The zero-order valence-electron chi connectivity index (χ0n) is 16.2. The van der Waals surface area contributed by atoms with Crippen LogP contribution < -0.4 is 5.32 Å². The summed E-state index contributed by atoms with van der Waals surface area (Å²) in [5.41, 5.74) is 1.50. The van der Waals surface area contributed by atoms with Crippen LogP contribution >= 0.6 is 22.7 Å². The first kappa shape index (κ1) is 20.9. The predicted molar refractivity (Wildman–Crippen MR) is 113 cm³/mol. The number of hydrogen-bond acceptors (Lipinski definition) is 7. The number of thiophene rings is 1. The third-order valence-electron chi connectivity index (χ3n) is 4.07. The Bertz CT molecular complexity index is 1040. The van der Waals surface area contributed by atoms with Crippen LogP contribution in [0.15, 0.2) is 42.5 Å². The van der Waals surface area contributed by atoms with E-state index in [1.165, 1.54) is 29.6 Å². The van der Waals surface area contributed by atoms with Crippen LogP contribution in [0.3, 0.4) is 0 Å². The molecule has 1 aromatic carbocycles. The number of aromatic nitrogens is 1. The number of nitrogens with one attached hydrogen (secondary N) is 1. The van der Waals surface area contributed by atoms with Gasteiger partial charge in [0, 0.05) is 17.4 Å². The number of carbonyl (C=O) groups excluding carboxylic acids is 3. The number of benzene rings is 1. The Kier molecular flexibility index (Phi) is 6.56. The van der Waals surface area contributed by atoms with Gasteiger partial charge in [0.15, 0.2) is 6.10 Å². The van der Waals surface area contributed by atoms with Gasteiger partial charge in [-0.25, -0.2) is 9.78 Å². The van der Waals surface area contributed by atoms with Crippen molar-refractivity contribution in [2.75, 3.05) is 0 Å². The van der Waals surface area contributed by atoms with Crippen molar-refractivity contribution in [2.24, 2.45) is 0 Å². The van der Waals surface area contributed by atoms with Crippen molar-refractivity contribution >= 4 is 40.3 Å². The van der Waals surface area contributed by atoms with E-state index >= 15 is 0 Å². The summed E-state index contributed by atoms with van der Waals surface area (Å²) in [7, 11) is 0. The number of carbonyl (C=O) groups is 3. The molecule has 1 unspecified atom stereocenters. The highest BCUT2D eigenvalue weighted by molar-refractivity contribution is 7.17. The van der Waals surface area contributed by atoms with E-state index < -0.39 is 12.1 Å². The van der Waals surface area contributed by atoms with Gasteiger partial charge in [-0.2, -0.15) is 0 Å². The van der Waals surface area contributed by atoms with Gasteiger partial charge in [0.2, 0.25) is 11.7 Å². The molecular weight excluding hydrogens is 408 g/mol. The van der Waals surface area contributed by atoms with Crippen molar-refractivity contribution in [3.05, 3.63) is 62.8 Å². The number of Topliss-reactive ketones (excluding diaryl/α,β-unsaturated/α-hetero) is 1. The monoisotopic (exact) mass is 428 g/mol. The van der Waals surface area contributed by atoms with Gasteiger partial charge in [-0.3, -0.25) is 9.59 Å². The lowest BCUT2D eigenvalue weighted by Crippen LogP contribution is -2.23. The average Bonchev–Trinajstić information content (AvgIpc) is 3.33. The van der Waals surface area contributed by atoms with Crippen LogP contribution in [0.2, 0.25) is 0 Å². The van der Waals surface area contributed by atoms with E-state index in [1.54, 1.807) is 26.0 Å². The van der Waals surface area contributed by atoms with Gasteiger partial charge in [0.1, 0.15) is 9.88 Å². The molecule has 2 heterocycles. The maximum absolute atomic E-state index is 12.6. The molecule has 0 radical (unpaired) electrons. The summed E-state index contributed by atoms with van der Waals surface area (Å²) in [5, 5.41) is 3.42. The first-order valence-electron chi connectivity index (χ1n) is 8.96. The van der Waals surface area contributed by atoms with E-state index in [9.17, 15) is 14.4 Å². The number of thiazole rings is 1. The van der Waals surface area contributed by atoms with E-state index in [1.807, 2.05) is 30.3 Å². The normalized spacial score (nSPS) is 11.7. The number of rotatable bonds is 7. The Labute approximate surface area is 176 Å². The molecule has 150 valence electrons. The Morgan fingerprint density at radius 1 is 1.10 bits per heavy atom. The molecule has 1 atom stereocenters. The fourth-order valence-corrected chi connectivity index (χ4v) is 4.50. The number of ether oxygens (including phenoxy) is 1. The van der Waals surface area contributed by atoms with Crippen LogP contribution in [0.4, 0.5) is 0 Å². The van der Waals surface area contributed by atoms with Crippen LogP contribution in [-0.4, -0.2) is 28.7 Å². The summed E-state index contributed by atoms with van der Waals surface area (Å²) in [5.74, 6) is -0.968. The summed E-state index contributed by atoms with van der Waals surface area (Å²) in [6.45, 7) is 5.11. The topological polar surface area (TPSA) is 85.4 Å². The average molecular weight is 429 g/mol. The number of hydrogen-bond donors (Lipinski definition) is 1. The highest BCUT2D eigenvalue weighted by Gasteiger charge is 2.25. The Balaban J connectivity index is 1.67. The van der Waals surface area contributed by atoms with Crippen molar-refractivity contribution in [1.82, 2.24) is 10.3 Å². The first-order chi connectivity index (χ1) is 13.8. The van der Waals surface area contributed by atoms with Crippen molar-refractivity contribution < 1.29 is 19.1 Å². The smallest absolute Gasteiger partial charge is 0.350 e. The largest absolute Gasteiger partial charge is 0.450 e. The van der Waals surface area contributed by atoms with Gasteiger partial charge in [0.05, 0.1) is 17.1 Å². The minimum Gasteiger partial charge on any atom is -0.450 e. The van der Waals surface area contributed by atoms with Crippen molar-refractivity contribution in [3.63, 3.8) is 0 Å². The summed E-state index contributed by atoms with van der Waals surface area (Å²) < 4.78 is 5.41. The summed E-state index contributed by atoms with van der Waals surface area (Å²) in [6, 6.07) is 13.0. The molecule has 2 aromatic heterocycles. The Morgan fingerprint density at radius 3 is 2.52 bits per heavy atom. The molecular formula is C21H20N2O4S2. The summed E-state index contributed by atoms with van der Waals surface area (Å²) in [6.07, 6.45) is -0.920. The molecule has 0 bridgehead atoms. The maximum Gasteiger partial charge on any atom is 0.350 e. The first-order valence-corrected chi connectivity index (χ1v) is 10.6. The zero-order chi connectivity index (χ0) is 21.0. The Morgan fingerprint density at radius 2 is 1.83 bits per heavy atom. The van der Waals surface area contributed by atoms with Crippen LogP contribution in [0, 0.1) is 6.92 Å². The van der Waals surface area contributed by atoms with Crippen LogP contribution in [-0.2, 0) is 16.1 Å². The van der Waals surface area contributed by atoms with Gasteiger partial charge in [0.25, 0.3) is 0 Å². The Hall–Kier alpha value is -2.84. The number of esters is 1. The molecule has 0 aliphatic carbocycles. The second-order valence-electron chi connectivity index (χ2n) is 6.39. The maximum atomic E-state index is 12.6. The fourth-order valence-electron chi connectivity index (χ4n) is 2.57. The van der Waals surface area contributed by atoms with E-state index in [-0.39, 0.29) is 11.7 Å². The van der Waals surface area contributed by atoms with Gasteiger partial charge < -0.3 is 10.1 Å². The number of nitrogens with zero attached hydrogens (tertiary/aromatic N) is 1. The molecule has 0 aliphatic rings. The SMILES string of the molecule is CC(=O)NCc1ccc(C(=O)C(C)OC(=O)c2sc(-c3ccccc3)nc2C)s1. The van der Waals surface area contributed by atoms with Gasteiger partial charge >= 0.3 is 5.97 Å². The number of amides is 1. The summed E-state index contributed by atoms with van der Waals surface area (Å²) in [4.78, 5) is 42.4. The highest BCUT2D eigenvalue weighted by Crippen LogP contribution is 2.29. The van der Waals surface area contributed by atoms with Gasteiger partial charge in [-0.1, -0.05) is 30.3 Å². The van der Waals surface area contributed by atoms with Crippen molar-refractivity contribution in [3.8, 4) is 10.6 Å². The minimum absolute atomic E-state index is 0.136. The van der Waals surface area contributed by atoms with Crippen LogP contribution in [0.1, 0.15) is 43.8 Å². The standard InChI is InChI=1S/C21H20N2O4S2/c1-12-19(29-20(23-12)15-7-5-4-6-8-15)21(26)27-13(2)18(25)17-10-9-16(28-17)11-22-14(3)24/h4-10,13H,11H2,1-3H3,(H,22,24). The minimum atomic E-state index is -0.920. The molecule has 8 heteroatoms. The van der Waals surface area contributed by atoms with E-state index in [4.69, 9.17) is 4.74 Å². The molecule has 0 fully saturated rings. The molecule has 1 N–H and O–H groups in total.